The number of ether oxygens (including phenoxy) is 2. The monoisotopic (exact) mass is 313 g/mol. The van der Waals surface area contributed by atoms with Crippen molar-refractivity contribution < 1.29 is 9.47 Å². The molecule has 0 unspecified atom stereocenters. The van der Waals surface area contributed by atoms with Gasteiger partial charge in [-0.2, -0.15) is 0 Å². The van der Waals surface area contributed by atoms with Crippen LogP contribution in [0.2, 0.25) is 0 Å². The maximum absolute atomic E-state index is 5.50. The molecule has 0 spiro atoms. The molecule has 1 atom stereocenters. The molecule has 1 aromatic carbocycles. The number of nitrogens with one attached hydrogen (secondary N) is 1. The summed E-state index contributed by atoms with van der Waals surface area (Å²) in [6.45, 7) is 3.72. The topological polar surface area (TPSA) is 30.5 Å². The maximum atomic E-state index is 5.50. The van der Waals surface area contributed by atoms with Crippen LogP contribution in [0.25, 0.3) is 0 Å². The minimum absolute atomic E-state index is 0.357. The standard InChI is InChI=1S/C20H27NO2/c1-13(20-8-15-4-16(9-20)6-17(5-15)10-20)21-11-14-2-3-18-19(7-14)23-12-22-18/h2-3,7,13,15-17,21H,4-6,8-12H2,1H3/t13-,15?,16?,17?,20?/m0/s1. The normalized spacial score (nSPS) is 38.0. The largest absolute Gasteiger partial charge is 0.454 e. The summed E-state index contributed by atoms with van der Waals surface area (Å²) in [6, 6.07) is 6.94. The van der Waals surface area contributed by atoms with Crippen LogP contribution in [-0.4, -0.2) is 12.8 Å². The molecule has 4 saturated carbocycles. The molecule has 6 rings (SSSR count). The van der Waals surface area contributed by atoms with Gasteiger partial charge >= 0.3 is 0 Å². The van der Waals surface area contributed by atoms with Crippen LogP contribution in [0.1, 0.15) is 51.0 Å². The van der Waals surface area contributed by atoms with Crippen molar-refractivity contribution in [3.63, 3.8) is 0 Å². The molecule has 23 heavy (non-hydrogen) atoms. The van der Waals surface area contributed by atoms with Gasteiger partial charge in [-0.1, -0.05) is 6.07 Å². The fraction of sp³-hybridized carbons (Fsp3) is 0.700. The summed E-state index contributed by atoms with van der Waals surface area (Å²) < 4.78 is 10.9. The van der Waals surface area contributed by atoms with E-state index in [-0.39, 0.29) is 0 Å². The molecule has 0 amide bonds. The van der Waals surface area contributed by atoms with Gasteiger partial charge in [-0.05, 0) is 86.3 Å². The van der Waals surface area contributed by atoms with Gasteiger partial charge in [0, 0.05) is 12.6 Å². The first-order valence-electron chi connectivity index (χ1n) is 9.32. The molecular weight excluding hydrogens is 286 g/mol. The predicted molar refractivity (Wildman–Crippen MR) is 89.5 cm³/mol. The van der Waals surface area contributed by atoms with Crippen molar-refractivity contribution in [1.82, 2.24) is 5.32 Å². The first-order chi connectivity index (χ1) is 11.2. The minimum atomic E-state index is 0.357. The number of fused-ring (bicyclic) bond motifs is 1. The lowest BCUT2D eigenvalue weighted by atomic mass is 9.48. The van der Waals surface area contributed by atoms with E-state index in [2.05, 4.69) is 24.4 Å². The predicted octanol–water partition coefficient (Wildman–Crippen LogP) is 4.11. The molecule has 4 bridgehead atoms. The lowest BCUT2D eigenvalue weighted by Gasteiger charge is -2.59. The number of rotatable bonds is 4. The molecule has 1 aromatic rings. The average molecular weight is 313 g/mol. The zero-order valence-electron chi connectivity index (χ0n) is 14.0. The van der Waals surface area contributed by atoms with Crippen LogP contribution in [0.3, 0.4) is 0 Å². The second kappa shape index (κ2) is 5.14. The van der Waals surface area contributed by atoms with Gasteiger partial charge in [0.25, 0.3) is 0 Å². The Morgan fingerprint density at radius 2 is 1.70 bits per heavy atom. The van der Waals surface area contributed by atoms with Crippen LogP contribution < -0.4 is 14.8 Å². The van der Waals surface area contributed by atoms with E-state index in [1.54, 1.807) is 0 Å². The van der Waals surface area contributed by atoms with Gasteiger partial charge in [0.1, 0.15) is 0 Å². The Labute approximate surface area is 138 Å². The lowest BCUT2D eigenvalue weighted by molar-refractivity contribution is -0.0706. The summed E-state index contributed by atoms with van der Waals surface area (Å²) in [7, 11) is 0. The molecule has 0 aromatic heterocycles. The molecule has 1 aliphatic heterocycles. The van der Waals surface area contributed by atoms with E-state index >= 15 is 0 Å². The van der Waals surface area contributed by atoms with Gasteiger partial charge in [-0.3, -0.25) is 0 Å². The first-order valence-corrected chi connectivity index (χ1v) is 9.32. The van der Waals surface area contributed by atoms with Gasteiger partial charge in [0.2, 0.25) is 6.79 Å². The Morgan fingerprint density at radius 3 is 2.39 bits per heavy atom. The van der Waals surface area contributed by atoms with Crippen molar-refractivity contribution in [2.24, 2.45) is 23.2 Å². The highest BCUT2D eigenvalue weighted by atomic mass is 16.7. The number of hydrogen-bond donors (Lipinski definition) is 1. The Kier molecular flexibility index (Phi) is 3.16. The van der Waals surface area contributed by atoms with Crippen molar-refractivity contribution in [2.45, 2.75) is 58.0 Å². The van der Waals surface area contributed by atoms with Crippen LogP contribution in [0.5, 0.6) is 11.5 Å². The fourth-order valence-corrected chi connectivity index (χ4v) is 6.25. The molecule has 3 nitrogen and oxygen atoms in total. The van der Waals surface area contributed by atoms with E-state index in [1.807, 2.05) is 6.07 Å². The molecule has 4 aliphatic carbocycles. The van der Waals surface area contributed by atoms with Crippen LogP contribution in [0.15, 0.2) is 18.2 Å². The SMILES string of the molecule is C[C@H](NCc1ccc2c(c1)OCO2)C12CC3CC(CC(C3)C1)C2. The maximum Gasteiger partial charge on any atom is 0.231 e. The summed E-state index contributed by atoms with van der Waals surface area (Å²) >= 11 is 0. The first kappa shape index (κ1) is 14.2. The third-order valence-electron chi connectivity index (χ3n) is 7.05. The van der Waals surface area contributed by atoms with Crippen LogP contribution in [0, 0.1) is 23.2 Å². The third-order valence-corrected chi connectivity index (χ3v) is 7.05. The van der Waals surface area contributed by atoms with Crippen molar-refractivity contribution in [2.75, 3.05) is 6.79 Å². The molecular formula is C20H27NO2. The van der Waals surface area contributed by atoms with E-state index in [9.17, 15) is 0 Å². The Bertz CT molecular complexity index is 576. The van der Waals surface area contributed by atoms with Crippen LogP contribution in [-0.2, 0) is 6.54 Å². The third kappa shape index (κ3) is 2.36. The molecule has 1 N–H and O–H groups in total. The van der Waals surface area contributed by atoms with E-state index in [1.165, 1.54) is 44.1 Å². The molecule has 3 heteroatoms. The highest BCUT2D eigenvalue weighted by molar-refractivity contribution is 5.44. The Hall–Kier alpha value is -1.22. The second-order valence-electron chi connectivity index (χ2n) is 8.57. The zero-order valence-corrected chi connectivity index (χ0v) is 14.0. The van der Waals surface area contributed by atoms with Crippen molar-refractivity contribution in [3.8, 4) is 11.5 Å². The molecule has 4 fully saturated rings. The molecule has 124 valence electrons. The summed E-state index contributed by atoms with van der Waals surface area (Å²) in [5.41, 5.74) is 1.87. The Balaban J connectivity index is 1.28. The van der Waals surface area contributed by atoms with Crippen LogP contribution >= 0.6 is 0 Å². The number of benzene rings is 1. The molecule has 0 radical (unpaired) electrons. The summed E-state index contributed by atoms with van der Waals surface area (Å²) in [5, 5.41) is 3.85. The molecule has 1 heterocycles. The van der Waals surface area contributed by atoms with Gasteiger partial charge in [0.05, 0.1) is 0 Å². The van der Waals surface area contributed by atoms with E-state index in [0.29, 0.717) is 18.2 Å². The number of hydrogen-bond acceptors (Lipinski definition) is 3. The van der Waals surface area contributed by atoms with Gasteiger partial charge in [0.15, 0.2) is 11.5 Å². The van der Waals surface area contributed by atoms with Gasteiger partial charge < -0.3 is 14.8 Å². The van der Waals surface area contributed by atoms with Crippen LogP contribution in [0.4, 0.5) is 0 Å². The minimum Gasteiger partial charge on any atom is -0.454 e. The highest BCUT2D eigenvalue weighted by Gasteiger charge is 2.52. The molecule has 5 aliphatic rings. The van der Waals surface area contributed by atoms with E-state index in [0.717, 1.165) is 35.8 Å². The van der Waals surface area contributed by atoms with Gasteiger partial charge in [-0.15, -0.1) is 0 Å². The highest BCUT2D eigenvalue weighted by Crippen LogP contribution is 2.61. The zero-order chi connectivity index (χ0) is 15.4. The van der Waals surface area contributed by atoms with Crippen molar-refractivity contribution >= 4 is 0 Å². The van der Waals surface area contributed by atoms with Crippen molar-refractivity contribution in [3.05, 3.63) is 23.8 Å². The van der Waals surface area contributed by atoms with Gasteiger partial charge in [-0.25, -0.2) is 0 Å². The molecule has 0 saturated heterocycles. The lowest BCUT2D eigenvalue weighted by Crippen LogP contribution is -2.54. The quantitative estimate of drug-likeness (QED) is 0.907. The summed E-state index contributed by atoms with van der Waals surface area (Å²) in [6.07, 6.45) is 8.97. The second-order valence-corrected chi connectivity index (χ2v) is 8.57. The Morgan fingerprint density at radius 1 is 1.04 bits per heavy atom. The summed E-state index contributed by atoms with van der Waals surface area (Å²) in [5.74, 6) is 4.85. The van der Waals surface area contributed by atoms with Crippen molar-refractivity contribution in [1.29, 1.82) is 0 Å². The van der Waals surface area contributed by atoms with E-state index < -0.39 is 0 Å². The van der Waals surface area contributed by atoms with E-state index in [4.69, 9.17) is 9.47 Å². The summed E-state index contributed by atoms with van der Waals surface area (Å²) in [4.78, 5) is 0. The fourth-order valence-electron chi connectivity index (χ4n) is 6.25. The smallest absolute Gasteiger partial charge is 0.231 e. The average Bonchev–Trinajstić information content (AvgIpc) is 2.99.